The van der Waals surface area contributed by atoms with Crippen LogP contribution in [0.5, 0.6) is 0 Å². The van der Waals surface area contributed by atoms with Gasteiger partial charge in [-0.2, -0.15) is 0 Å². The molecule has 0 bridgehead atoms. The van der Waals surface area contributed by atoms with Gasteiger partial charge in [0.05, 0.1) is 18.2 Å². The molecule has 1 amide bonds. The Morgan fingerprint density at radius 2 is 2.16 bits per heavy atom. The highest BCUT2D eigenvalue weighted by atomic mass is 16.3. The fraction of sp³-hybridized carbons (Fsp3) is 0.533. The fourth-order valence-corrected chi connectivity index (χ4v) is 2.26. The van der Waals surface area contributed by atoms with Crippen LogP contribution in [0.15, 0.2) is 24.3 Å². The van der Waals surface area contributed by atoms with Gasteiger partial charge >= 0.3 is 0 Å². The van der Waals surface area contributed by atoms with Crippen molar-refractivity contribution >= 4 is 5.91 Å². The zero-order valence-electron chi connectivity index (χ0n) is 11.6. The van der Waals surface area contributed by atoms with Crippen molar-refractivity contribution in [2.45, 2.75) is 44.8 Å². The highest BCUT2D eigenvalue weighted by molar-refractivity contribution is 5.83. The number of hydrogen-bond donors (Lipinski definition) is 3. The minimum atomic E-state index is -0.532. The lowest BCUT2D eigenvalue weighted by Gasteiger charge is -2.32. The van der Waals surface area contributed by atoms with Gasteiger partial charge in [0.25, 0.3) is 0 Å². The molecule has 0 aromatic heterocycles. The summed E-state index contributed by atoms with van der Waals surface area (Å²) in [4.78, 5) is 12.3. The van der Waals surface area contributed by atoms with Crippen molar-refractivity contribution in [3.63, 3.8) is 0 Å². The fourth-order valence-electron chi connectivity index (χ4n) is 2.26. The summed E-state index contributed by atoms with van der Waals surface area (Å²) in [5.74, 6) is -0.0343. The van der Waals surface area contributed by atoms with Crippen LogP contribution in [0.3, 0.4) is 0 Å². The molecule has 2 atom stereocenters. The Balaban J connectivity index is 2.03. The predicted octanol–water partition coefficient (Wildman–Crippen LogP) is 0.978. The molecule has 1 aromatic rings. The van der Waals surface area contributed by atoms with Gasteiger partial charge in [-0.15, -0.1) is 0 Å². The van der Waals surface area contributed by atoms with Crippen molar-refractivity contribution in [3.8, 4) is 0 Å². The Morgan fingerprint density at radius 1 is 1.47 bits per heavy atom. The minimum absolute atomic E-state index is 0.0343. The second-order valence-corrected chi connectivity index (χ2v) is 5.47. The van der Waals surface area contributed by atoms with Crippen molar-refractivity contribution in [2.24, 2.45) is 0 Å². The monoisotopic (exact) mass is 262 g/mol. The first-order valence-electron chi connectivity index (χ1n) is 6.81. The minimum Gasteiger partial charge on any atom is -0.394 e. The first-order chi connectivity index (χ1) is 9.08. The van der Waals surface area contributed by atoms with Crippen molar-refractivity contribution < 1.29 is 9.90 Å². The van der Waals surface area contributed by atoms with Crippen LogP contribution in [0.2, 0.25) is 0 Å². The molecule has 0 aliphatic carbocycles. The van der Waals surface area contributed by atoms with Crippen LogP contribution in [0.1, 0.15) is 31.4 Å². The van der Waals surface area contributed by atoms with Gasteiger partial charge in [0.2, 0.25) is 5.91 Å². The Hall–Kier alpha value is -1.39. The molecular formula is C15H22N2O2. The summed E-state index contributed by atoms with van der Waals surface area (Å²) in [6, 6.07) is 7.96. The van der Waals surface area contributed by atoms with E-state index in [2.05, 4.69) is 22.8 Å². The summed E-state index contributed by atoms with van der Waals surface area (Å²) >= 11 is 0. The normalized spacial score (nSPS) is 21.3. The third-order valence-corrected chi connectivity index (χ3v) is 3.95. The van der Waals surface area contributed by atoms with Gasteiger partial charge in [0.1, 0.15) is 0 Å². The number of benzene rings is 1. The van der Waals surface area contributed by atoms with E-state index in [0.29, 0.717) is 12.8 Å². The predicted molar refractivity (Wildman–Crippen MR) is 74.7 cm³/mol. The Bertz CT molecular complexity index is 455. The third-order valence-electron chi connectivity index (χ3n) is 3.95. The zero-order chi connectivity index (χ0) is 13.9. The van der Waals surface area contributed by atoms with E-state index in [9.17, 15) is 9.90 Å². The van der Waals surface area contributed by atoms with Crippen LogP contribution >= 0.6 is 0 Å². The molecule has 1 aliphatic rings. The molecule has 0 saturated carbocycles. The molecule has 1 unspecified atom stereocenters. The smallest absolute Gasteiger partial charge is 0.237 e. The molecule has 0 spiro atoms. The van der Waals surface area contributed by atoms with Gasteiger partial charge in [-0.05, 0) is 30.9 Å². The number of carbonyl (C=O) groups excluding carboxylic acids is 1. The Kier molecular flexibility index (Phi) is 4.22. The summed E-state index contributed by atoms with van der Waals surface area (Å²) in [7, 11) is 0. The lowest BCUT2D eigenvalue weighted by molar-refractivity contribution is -0.125. The molecule has 2 rings (SSSR count). The van der Waals surface area contributed by atoms with Crippen molar-refractivity contribution in [1.82, 2.24) is 10.6 Å². The highest BCUT2D eigenvalue weighted by Gasteiger charge is 2.29. The zero-order valence-corrected chi connectivity index (χ0v) is 11.6. The molecule has 0 saturated heterocycles. The molecule has 4 nitrogen and oxygen atoms in total. The third kappa shape index (κ3) is 3.14. The standard InChI is InChI=1S/C15H22N2O2/c1-3-15(2,10-18)17-14(19)13-8-11-6-4-5-7-12(11)9-16-13/h4-7,13,16,18H,3,8-10H2,1-2H3,(H,17,19)/t13-,15?/m1/s1. The first-order valence-corrected chi connectivity index (χ1v) is 6.81. The second kappa shape index (κ2) is 5.72. The summed E-state index contributed by atoms with van der Waals surface area (Å²) < 4.78 is 0. The number of amides is 1. The topological polar surface area (TPSA) is 61.4 Å². The first kappa shape index (κ1) is 14.0. The second-order valence-electron chi connectivity index (χ2n) is 5.47. The van der Waals surface area contributed by atoms with E-state index >= 15 is 0 Å². The SMILES string of the molecule is CCC(C)(CO)NC(=O)[C@H]1Cc2ccccc2CN1. The number of rotatable bonds is 4. The van der Waals surface area contributed by atoms with Crippen LogP contribution in [-0.2, 0) is 17.8 Å². The van der Waals surface area contributed by atoms with E-state index in [1.807, 2.05) is 26.0 Å². The molecule has 104 valence electrons. The molecule has 0 radical (unpaired) electrons. The Morgan fingerprint density at radius 3 is 2.79 bits per heavy atom. The maximum absolute atomic E-state index is 12.3. The van der Waals surface area contributed by atoms with E-state index < -0.39 is 5.54 Å². The van der Waals surface area contributed by atoms with E-state index in [1.54, 1.807) is 0 Å². The quantitative estimate of drug-likeness (QED) is 0.758. The van der Waals surface area contributed by atoms with E-state index in [0.717, 1.165) is 6.54 Å². The molecule has 4 heteroatoms. The van der Waals surface area contributed by atoms with Crippen molar-refractivity contribution in [1.29, 1.82) is 0 Å². The maximum atomic E-state index is 12.3. The van der Waals surface area contributed by atoms with Gasteiger partial charge in [-0.25, -0.2) is 0 Å². The van der Waals surface area contributed by atoms with Crippen molar-refractivity contribution in [2.75, 3.05) is 6.61 Å². The van der Waals surface area contributed by atoms with E-state index in [4.69, 9.17) is 0 Å². The summed E-state index contributed by atoms with van der Waals surface area (Å²) in [5, 5.41) is 15.5. The lowest BCUT2D eigenvalue weighted by atomic mass is 9.94. The molecule has 0 fully saturated rings. The summed E-state index contributed by atoms with van der Waals surface area (Å²) in [6.07, 6.45) is 1.41. The molecule has 1 aromatic carbocycles. The number of aliphatic hydroxyl groups excluding tert-OH is 1. The average molecular weight is 262 g/mol. The van der Waals surface area contributed by atoms with Crippen LogP contribution < -0.4 is 10.6 Å². The summed E-state index contributed by atoms with van der Waals surface area (Å²) in [6.45, 7) is 4.50. The van der Waals surface area contributed by atoms with E-state index in [-0.39, 0.29) is 18.6 Å². The number of hydrogen-bond acceptors (Lipinski definition) is 3. The van der Waals surface area contributed by atoms with Crippen LogP contribution in [0.25, 0.3) is 0 Å². The van der Waals surface area contributed by atoms with Gasteiger partial charge in [-0.3, -0.25) is 4.79 Å². The molecular weight excluding hydrogens is 240 g/mol. The molecule has 19 heavy (non-hydrogen) atoms. The highest BCUT2D eigenvalue weighted by Crippen LogP contribution is 2.17. The van der Waals surface area contributed by atoms with Gasteiger partial charge in [-0.1, -0.05) is 31.2 Å². The number of carbonyl (C=O) groups is 1. The number of fused-ring (bicyclic) bond motifs is 1. The van der Waals surface area contributed by atoms with Gasteiger partial charge in [0.15, 0.2) is 0 Å². The molecule has 1 heterocycles. The maximum Gasteiger partial charge on any atom is 0.237 e. The average Bonchev–Trinajstić information content (AvgIpc) is 2.46. The molecule has 3 N–H and O–H groups in total. The van der Waals surface area contributed by atoms with E-state index in [1.165, 1.54) is 11.1 Å². The number of nitrogens with one attached hydrogen (secondary N) is 2. The van der Waals surface area contributed by atoms with Gasteiger partial charge < -0.3 is 15.7 Å². The lowest BCUT2D eigenvalue weighted by Crippen LogP contribution is -2.56. The van der Waals surface area contributed by atoms with Crippen molar-refractivity contribution in [3.05, 3.63) is 35.4 Å². The molecule has 1 aliphatic heterocycles. The number of aliphatic hydroxyl groups is 1. The van der Waals surface area contributed by atoms with Gasteiger partial charge in [0, 0.05) is 6.54 Å². The van der Waals surface area contributed by atoms with Crippen LogP contribution in [0.4, 0.5) is 0 Å². The van der Waals surface area contributed by atoms with Crippen LogP contribution in [0, 0.1) is 0 Å². The Labute approximate surface area is 114 Å². The summed E-state index contributed by atoms with van der Waals surface area (Å²) in [5.41, 5.74) is 1.95. The largest absolute Gasteiger partial charge is 0.394 e. The van der Waals surface area contributed by atoms with Crippen LogP contribution in [-0.4, -0.2) is 29.2 Å².